The van der Waals surface area contributed by atoms with Gasteiger partial charge in [0, 0.05) is 10.7 Å². The lowest BCUT2D eigenvalue weighted by molar-refractivity contribution is -0.148. The molecule has 1 aromatic heterocycles. The van der Waals surface area contributed by atoms with E-state index < -0.39 is 34.5 Å². The molecule has 0 unspecified atom stereocenters. The van der Waals surface area contributed by atoms with Gasteiger partial charge in [0.2, 0.25) is 10.0 Å². The van der Waals surface area contributed by atoms with Crippen molar-refractivity contribution in [1.29, 1.82) is 0 Å². The van der Waals surface area contributed by atoms with E-state index in [0.29, 0.717) is 10.7 Å². The van der Waals surface area contributed by atoms with Crippen LogP contribution < -0.4 is 10.0 Å². The molecule has 2 rings (SSSR count). The summed E-state index contributed by atoms with van der Waals surface area (Å²) in [6, 6.07) is 5.22. The van der Waals surface area contributed by atoms with Gasteiger partial charge in [0.05, 0.1) is 0 Å². The predicted octanol–water partition coefficient (Wildman–Crippen LogP) is 1.79. The van der Waals surface area contributed by atoms with Gasteiger partial charge in [0.25, 0.3) is 5.91 Å². The van der Waals surface area contributed by atoms with Crippen molar-refractivity contribution in [2.45, 2.75) is 31.7 Å². The lowest BCUT2D eigenvalue weighted by Gasteiger charge is -2.13. The number of carbonyl (C=O) groups excluding carboxylic acids is 2. The Morgan fingerprint density at radius 3 is 2.63 bits per heavy atom. The van der Waals surface area contributed by atoms with E-state index >= 15 is 0 Å². The van der Waals surface area contributed by atoms with Crippen molar-refractivity contribution in [2.24, 2.45) is 0 Å². The number of amides is 1. The van der Waals surface area contributed by atoms with Crippen molar-refractivity contribution in [3.63, 3.8) is 0 Å². The van der Waals surface area contributed by atoms with E-state index in [0.717, 1.165) is 0 Å². The third-order valence-corrected chi connectivity index (χ3v) is 5.40. The standard InChI is InChI=1S/C16H18ClN3O6S/c1-9-15(11(3)26-19-9)27(23,24)20-10(2)16(22)25-8-14(21)18-13-6-4-5-12(17)7-13/h4-7,10,20H,8H2,1-3H3,(H,18,21)/t10-/m0/s1. The fourth-order valence-corrected chi connectivity index (χ4v) is 3.93. The third-order valence-electron chi connectivity index (χ3n) is 3.38. The second kappa shape index (κ2) is 8.51. The molecule has 1 atom stereocenters. The van der Waals surface area contributed by atoms with Crippen LogP contribution in [0, 0.1) is 13.8 Å². The molecule has 0 aliphatic heterocycles. The Morgan fingerprint density at radius 1 is 1.33 bits per heavy atom. The van der Waals surface area contributed by atoms with Crippen LogP contribution in [-0.2, 0) is 24.3 Å². The monoisotopic (exact) mass is 415 g/mol. The number of nitrogens with one attached hydrogen (secondary N) is 2. The van der Waals surface area contributed by atoms with Crippen LogP contribution in [0.2, 0.25) is 5.02 Å². The highest BCUT2D eigenvalue weighted by atomic mass is 35.5. The number of aryl methyl sites for hydroxylation is 2. The average Bonchev–Trinajstić information content (AvgIpc) is 2.91. The van der Waals surface area contributed by atoms with Crippen LogP contribution in [0.3, 0.4) is 0 Å². The van der Waals surface area contributed by atoms with Gasteiger partial charge in [0.1, 0.15) is 16.6 Å². The number of rotatable bonds is 7. The van der Waals surface area contributed by atoms with E-state index in [9.17, 15) is 18.0 Å². The summed E-state index contributed by atoms with van der Waals surface area (Å²) in [6.45, 7) is 3.63. The maximum Gasteiger partial charge on any atom is 0.324 e. The quantitative estimate of drug-likeness (QED) is 0.659. The number of hydrogen-bond acceptors (Lipinski definition) is 7. The third kappa shape index (κ3) is 5.52. The van der Waals surface area contributed by atoms with Crippen LogP contribution in [0.5, 0.6) is 0 Å². The number of anilines is 1. The minimum Gasteiger partial charge on any atom is -0.454 e. The lowest BCUT2D eigenvalue weighted by atomic mass is 10.3. The molecule has 1 aromatic carbocycles. The second-order valence-electron chi connectivity index (χ2n) is 5.66. The van der Waals surface area contributed by atoms with Crippen LogP contribution in [0.4, 0.5) is 5.69 Å². The van der Waals surface area contributed by atoms with Gasteiger partial charge in [-0.05, 0) is 39.0 Å². The van der Waals surface area contributed by atoms with Crippen molar-refractivity contribution in [3.05, 3.63) is 40.7 Å². The fourth-order valence-electron chi connectivity index (χ4n) is 2.22. The number of halogens is 1. The summed E-state index contributed by atoms with van der Waals surface area (Å²) in [7, 11) is -4.04. The van der Waals surface area contributed by atoms with Gasteiger partial charge >= 0.3 is 5.97 Å². The molecule has 1 amide bonds. The van der Waals surface area contributed by atoms with E-state index in [1.165, 1.54) is 26.8 Å². The largest absolute Gasteiger partial charge is 0.454 e. The number of sulfonamides is 1. The normalized spacial score (nSPS) is 12.4. The summed E-state index contributed by atoms with van der Waals surface area (Å²) in [5, 5.41) is 6.51. The summed E-state index contributed by atoms with van der Waals surface area (Å²) in [4.78, 5) is 23.7. The molecule has 0 radical (unpaired) electrons. The summed E-state index contributed by atoms with van der Waals surface area (Å²) in [6.07, 6.45) is 0. The first-order chi connectivity index (χ1) is 12.6. The van der Waals surface area contributed by atoms with Gasteiger partial charge in [-0.2, -0.15) is 4.72 Å². The minimum atomic E-state index is -4.04. The van der Waals surface area contributed by atoms with Crippen LogP contribution in [0.1, 0.15) is 18.4 Å². The Hall–Kier alpha value is -2.43. The van der Waals surface area contributed by atoms with Crippen molar-refractivity contribution < 1.29 is 27.3 Å². The summed E-state index contributed by atoms with van der Waals surface area (Å²) < 4.78 is 36.5. The highest BCUT2D eigenvalue weighted by Crippen LogP contribution is 2.19. The molecule has 0 spiro atoms. The molecular formula is C16H18ClN3O6S. The molecule has 27 heavy (non-hydrogen) atoms. The highest BCUT2D eigenvalue weighted by molar-refractivity contribution is 7.89. The van der Waals surface area contributed by atoms with Crippen molar-refractivity contribution in [1.82, 2.24) is 9.88 Å². The topological polar surface area (TPSA) is 128 Å². The van der Waals surface area contributed by atoms with E-state index in [1.54, 1.807) is 18.2 Å². The lowest BCUT2D eigenvalue weighted by Crippen LogP contribution is -2.40. The number of aromatic nitrogens is 1. The van der Waals surface area contributed by atoms with Crippen LogP contribution in [0.25, 0.3) is 0 Å². The number of benzene rings is 1. The Morgan fingerprint density at radius 2 is 2.04 bits per heavy atom. The van der Waals surface area contributed by atoms with E-state index in [4.69, 9.17) is 20.9 Å². The smallest absolute Gasteiger partial charge is 0.324 e. The van der Waals surface area contributed by atoms with Crippen LogP contribution in [0.15, 0.2) is 33.7 Å². The average molecular weight is 416 g/mol. The molecule has 0 saturated heterocycles. The zero-order valence-electron chi connectivity index (χ0n) is 14.8. The number of esters is 1. The molecule has 146 valence electrons. The molecule has 0 fully saturated rings. The fraction of sp³-hybridized carbons (Fsp3) is 0.312. The van der Waals surface area contributed by atoms with Gasteiger partial charge in [-0.1, -0.05) is 22.8 Å². The number of ether oxygens (including phenoxy) is 1. The number of hydrogen-bond donors (Lipinski definition) is 2. The van der Waals surface area contributed by atoms with E-state index in [-0.39, 0.29) is 16.3 Å². The molecule has 0 bridgehead atoms. The Labute approximate surface area is 161 Å². The Kier molecular flexibility index (Phi) is 6.58. The zero-order valence-corrected chi connectivity index (χ0v) is 16.3. The number of carbonyl (C=O) groups is 2. The van der Waals surface area contributed by atoms with Crippen molar-refractivity contribution >= 4 is 39.2 Å². The van der Waals surface area contributed by atoms with Gasteiger partial charge < -0.3 is 14.6 Å². The first-order valence-corrected chi connectivity index (χ1v) is 9.63. The van der Waals surface area contributed by atoms with E-state index in [2.05, 4.69) is 15.2 Å². The second-order valence-corrected chi connectivity index (χ2v) is 7.75. The molecule has 1 heterocycles. The van der Waals surface area contributed by atoms with Gasteiger partial charge in [-0.15, -0.1) is 0 Å². The highest BCUT2D eigenvalue weighted by Gasteiger charge is 2.29. The molecule has 11 heteroatoms. The molecule has 0 aliphatic carbocycles. The van der Waals surface area contributed by atoms with Gasteiger partial charge in [-0.3, -0.25) is 9.59 Å². The maximum absolute atomic E-state index is 12.4. The van der Waals surface area contributed by atoms with Crippen molar-refractivity contribution in [3.8, 4) is 0 Å². The Balaban J connectivity index is 1.91. The predicted molar refractivity (Wildman–Crippen MR) is 96.8 cm³/mol. The van der Waals surface area contributed by atoms with Crippen LogP contribution >= 0.6 is 11.6 Å². The van der Waals surface area contributed by atoms with Gasteiger partial charge in [0.15, 0.2) is 12.4 Å². The van der Waals surface area contributed by atoms with Crippen LogP contribution in [-0.4, -0.2) is 38.1 Å². The number of nitrogens with zero attached hydrogens (tertiary/aromatic N) is 1. The maximum atomic E-state index is 12.4. The SMILES string of the molecule is Cc1noc(C)c1S(=O)(=O)N[C@@H](C)C(=O)OCC(=O)Nc1cccc(Cl)c1. The van der Waals surface area contributed by atoms with E-state index in [1.807, 2.05) is 0 Å². The molecular weight excluding hydrogens is 398 g/mol. The molecule has 9 nitrogen and oxygen atoms in total. The molecule has 0 aliphatic rings. The molecule has 0 saturated carbocycles. The summed E-state index contributed by atoms with van der Waals surface area (Å²) >= 11 is 5.81. The summed E-state index contributed by atoms with van der Waals surface area (Å²) in [5.41, 5.74) is 0.608. The van der Waals surface area contributed by atoms with Crippen molar-refractivity contribution in [2.75, 3.05) is 11.9 Å². The first kappa shape index (κ1) is 20.9. The summed E-state index contributed by atoms with van der Waals surface area (Å²) in [5.74, 6) is -1.40. The zero-order chi connectivity index (χ0) is 20.2. The minimum absolute atomic E-state index is 0.0986. The Bertz CT molecular complexity index is 937. The van der Waals surface area contributed by atoms with Gasteiger partial charge in [-0.25, -0.2) is 8.42 Å². The first-order valence-electron chi connectivity index (χ1n) is 7.77. The molecule has 2 N–H and O–H groups in total. The molecule has 2 aromatic rings.